The average molecular weight is 403 g/mol. The van der Waals surface area contributed by atoms with Gasteiger partial charge in [0, 0.05) is 12.6 Å². The summed E-state index contributed by atoms with van der Waals surface area (Å²) in [6.45, 7) is -0.381. The van der Waals surface area contributed by atoms with Crippen molar-refractivity contribution in [1.82, 2.24) is 25.1 Å². The van der Waals surface area contributed by atoms with Gasteiger partial charge in [-0.25, -0.2) is 4.39 Å². The van der Waals surface area contributed by atoms with Gasteiger partial charge in [-0.1, -0.05) is 35.9 Å². The first-order valence-electron chi connectivity index (χ1n) is 8.24. The normalized spacial score (nSPS) is 10.5. The molecule has 0 atom stereocenters. The SMILES string of the molecule is CN(CC(=O)Nc1ccccc1Cl)C(=O)Cn1nnc(-c2cccc(F)c2)n1. The van der Waals surface area contributed by atoms with Gasteiger partial charge in [0.2, 0.25) is 17.6 Å². The molecule has 3 rings (SSSR count). The van der Waals surface area contributed by atoms with E-state index in [-0.39, 0.29) is 18.9 Å². The molecule has 0 aliphatic heterocycles. The Kier molecular flexibility index (Phi) is 5.95. The van der Waals surface area contributed by atoms with Crippen molar-refractivity contribution in [2.75, 3.05) is 18.9 Å². The van der Waals surface area contributed by atoms with Gasteiger partial charge in [0.1, 0.15) is 12.4 Å². The molecule has 0 aliphatic carbocycles. The van der Waals surface area contributed by atoms with E-state index < -0.39 is 17.6 Å². The first-order chi connectivity index (χ1) is 13.4. The number of rotatable bonds is 6. The molecule has 144 valence electrons. The van der Waals surface area contributed by atoms with E-state index in [9.17, 15) is 14.0 Å². The molecule has 0 unspecified atom stereocenters. The monoisotopic (exact) mass is 402 g/mol. The van der Waals surface area contributed by atoms with Gasteiger partial charge in [0.15, 0.2) is 0 Å². The summed E-state index contributed by atoms with van der Waals surface area (Å²) in [6.07, 6.45) is 0. The summed E-state index contributed by atoms with van der Waals surface area (Å²) in [4.78, 5) is 26.7. The number of para-hydroxylation sites is 1. The van der Waals surface area contributed by atoms with Gasteiger partial charge in [0.25, 0.3) is 0 Å². The molecule has 10 heteroatoms. The van der Waals surface area contributed by atoms with E-state index in [4.69, 9.17) is 11.6 Å². The van der Waals surface area contributed by atoms with Crippen LogP contribution in [0, 0.1) is 5.82 Å². The third-order valence-corrected chi connectivity index (χ3v) is 4.10. The number of halogens is 2. The number of carbonyl (C=O) groups is 2. The van der Waals surface area contributed by atoms with E-state index in [1.54, 1.807) is 30.3 Å². The van der Waals surface area contributed by atoms with E-state index >= 15 is 0 Å². The number of nitrogens with one attached hydrogen (secondary N) is 1. The molecule has 0 saturated carbocycles. The van der Waals surface area contributed by atoms with Gasteiger partial charge in [-0.05, 0) is 29.5 Å². The van der Waals surface area contributed by atoms with Crippen molar-refractivity contribution >= 4 is 29.1 Å². The molecule has 0 saturated heterocycles. The van der Waals surface area contributed by atoms with Crippen LogP contribution in [-0.4, -0.2) is 50.5 Å². The Balaban J connectivity index is 1.57. The topological polar surface area (TPSA) is 93.0 Å². The third-order valence-electron chi connectivity index (χ3n) is 3.77. The molecule has 0 radical (unpaired) electrons. The first kappa shape index (κ1) is 19.4. The minimum Gasteiger partial charge on any atom is -0.335 e. The van der Waals surface area contributed by atoms with E-state index in [1.165, 1.54) is 30.1 Å². The lowest BCUT2D eigenvalue weighted by Crippen LogP contribution is -2.37. The van der Waals surface area contributed by atoms with Gasteiger partial charge in [-0.2, -0.15) is 4.80 Å². The summed E-state index contributed by atoms with van der Waals surface area (Å²) >= 11 is 5.99. The number of carbonyl (C=O) groups excluding carboxylic acids is 2. The van der Waals surface area contributed by atoms with Crippen LogP contribution in [0.15, 0.2) is 48.5 Å². The maximum atomic E-state index is 13.3. The Morgan fingerprint density at radius 1 is 1.21 bits per heavy atom. The fourth-order valence-electron chi connectivity index (χ4n) is 2.35. The lowest BCUT2D eigenvalue weighted by Gasteiger charge is -2.16. The lowest BCUT2D eigenvalue weighted by molar-refractivity contribution is -0.134. The zero-order valence-corrected chi connectivity index (χ0v) is 15.6. The standard InChI is InChI=1S/C18H16ClFN6O2/c1-25(10-16(27)21-15-8-3-2-7-14(15)19)17(28)11-26-23-18(22-24-26)12-5-4-6-13(20)9-12/h2-9H,10-11H2,1H3,(H,21,27). The number of tetrazole rings is 1. The predicted octanol–water partition coefficient (Wildman–Crippen LogP) is 2.23. The number of benzene rings is 2. The highest BCUT2D eigenvalue weighted by molar-refractivity contribution is 6.33. The van der Waals surface area contributed by atoms with Crippen LogP contribution in [0.25, 0.3) is 11.4 Å². The van der Waals surface area contributed by atoms with E-state index in [2.05, 4.69) is 20.7 Å². The first-order valence-corrected chi connectivity index (χ1v) is 8.62. The molecular weight excluding hydrogens is 387 g/mol. The molecule has 1 N–H and O–H groups in total. The highest BCUT2D eigenvalue weighted by Gasteiger charge is 2.16. The molecule has 2 amide bonds. The summed E-state index contributed by atoms with van der Waals surface area (Å²) in [7, 11) is 1.49. The predicted molar refractivity (Wildman–Crippen MR) is 101 cm³/mol. The molecule has 2 aromatic carbocycles. The van der Waals surface area contributed by atoms with Crippen LogP contribution in [0.5, 0.6) is 0 Å². The molecule has 0 bridgehead atoms. The number of hydrogen-bond donors (Lipinski definition) is 1. The van der Waals surface area contributed by atoms with Crippen LogP contribution in [0.4, 0.5) is 10.1 Å². The van der Waals surface area contributed by atoms with Crippen LogP contribution < -0.4 is 5.32 Å². The van der Waals surface area contributed by atoms with Crippen LogP contribution >= 0.6 is 11.6 Å². The van der Waals surface area contributed by atoms with Crippen LogP contribution in [0.2, 0.25) is 5.02 Å². The fourth-order valence-corrected chi connectivity index (χ4v) is 2.53. The summed E-state index contributed by atoms with van der Waals surface area (Å²) in [5, 5.41) is 14.7. The summed E-state index contributed by atoms with van der Waals surface area (Å²) in [5.74, 6) is -1.01. The quantitative estimate of drug-likeness (QED) is 0.682. The van der Waals surface area contributed by atoms with E-state index in [1.807, 2.05) is 0 Å². The lowest BCUT2D eigenvalue weighted by atomic mass is 10.2. The van der Waals surface area contributed by atoms with Gasteiger partial charge in [0.05, 0.1) is 17.3 Å². The molecule has 8 nitrogen and oxygen atoms in total. The molecule has 3 aromatic rings. The Morgan fingerprint density at radius 2 is 2.00 bits per heavy atom. The minimum absolute atomic E-state index is 0.171. The fraction of sp³-hybridized carbons (Fsp3) is 0.167. The Bertz CT molecular complexity index is 1010. The highest BCUT2D eigenvalue weighted by Crippen LogP contribution is 2.20. The van der Waals surface area contributed by atoms with Gasteiger partial charge < -0.3 is 10.2 Å². The smallest absolute Gasteiger partial charge is 0.246 e. The van der Waals surface area contributed by atoms with Gasteiger partial charge in [-0.3, -0.25) is 9.59 Å². The molecule has 1 aromatic heterocycles. The second-order valence-corrected chi connectivity index (χ2v) is 6.34. The van der Waals surface area contributed by atoms with Crippen molar-refractivity contribution in [2.24, 2.45) is 0 Å². The third kappa shape index (κ3) is 4.89. The molecular formula is C18H16ClFN6O2. The zero-order valence-electron chi connectivity index (χ0n) is 14.8. The summed E-state index contributed by atoms with van der Waals surface area (Å²) in [5.41, 5.74) is 0.916. The molecule has 0 aliphatic rings. The minimum atomic E-state index is -0.422. The van der Waals surface area contributed by atoms with E-state index in [0.29, 0.717) is 16.3 Å². The summed E-state index contributed by atoms with van der Waals surface area (Å²) in [6, 6.07) is 12.5. The van der Waals surface area contributed by atoms with Crippen molar-refractivity contribution in [3.63, 3.8) is 0 Å². The van der Waals surface area contributed by atoms with Crippen molar-refractivity contribution in [3.8, 4) is 11.4 Å². The molecule has 1 heterocycles. The largest absolute Gasteiger partial charge is 0.335 e. The highest BCUT2D eigenvalue weighted by atomic mass is 35.5. The summed E-state index contributed by atoms with van der Waals surface area (Å²) < 4.78 is 13.3. The Hall–Kier alpha value is -3.33. The van der Waals surface area contributed by atoms with Gasteiger partial charge in [-0.15, -0.1) is 10.2 Å². The average Bonchev–Trinajstić information content (AvgIpc) is 3.12. The van der Waals surface area contributed by atoms with Crippen molar-refractivity contribution in [1.29, 1.82) is 0 Å². The Morgan fingerprint density at radius 3 is 2.75 bits per heavy atom. The van der Waals surface area contributed by atoms with Crippen LogP contribution in [0.1, 0.15) is 0 Å². The second kappa shape index (κ2) is 8.57. The number of amides is 2. The maximum absolute atomic E-state index is 13.3. The Labute approximate surface area is 164 Å². The van der Waals surface area contributed by atoms with Gasteiger partial charge >= 0.3 is 0 Å². The second-order valence-electron chi connectivity index (χ2n) is 5.93. The number of anilines is 1. The van der Waals surface area contributed by atoms with E-state index in [0.717, 1.165) is 4.80 Å². The van der Waals surface area contributed by atoms with Crippen molar-refractivity contribution in [3.05, 3.63) is 59.4 Å². The number of hydrogen-bond acceptors (Lipinski definition) is 5. The van der Waals surface area contributed by atoms with Crippen molar-refractivity contribution < 1.29 is 14.0 Å². The molecule has 0 spiro atoms. The number of aromatic nitrogens is 4. The maximum Gasteiger partial charge on any atom is 0.246 e. The number of nitrogens with zero attached hydrogens (tertiary/aromatic N) is 5. The van der Waals surface area contributed by atoms with Crippen molar-refractivity contribution in [2.45, 2.75) is 6.54 Å². The van der Waals surface area contributed by atoms with Crippen LogP contribution in [0.3, 0.4) is 0 Å². The van der Waals surface area contributed by atoms with Crippen LogP contribution in [-0.2, 0) is 16.1 Å². The number of likely N-dealkylation sites (N-methyl/N-ethyl adjacent to an activating group) is 1. The molecule has 0 fully saturated rings. The zero-order chi connectivity index (χ0) is 20.1. The molecule has 28 heavy (non-hydrogen) atoms.